The lowest BCUT2D eigenvalue weighted by atomic mass is 9.98. The fraction of sp³-hybridized carbons (Fsp3) is 0.231. The highest BCUT2D eigenvalue weighted by molar-refractivity contribution is 5.94. The summed E-state index contributed by atoms with van der Waals surface area (Å²) in [5, 5.41) is 6.07. The summed E-state index contributed by atoms with van der Waals surface area (Å²) < 4.78 is 5.16. The molecule has 6 nitrogen and oxygen atoms in total. The normalized spacial score (nSPS) is 15.4. The second-order valence-corrected chi connectivity index (χ2v) is 7.77. The van der Waals surface area contributed by atoms with Crippen molar-refractivity contribution in [3.8, 4) is 5.75 Å². The number of amides is 3. The minimum atomic E-state index is -0.511. The van der Waals surface area contributed by atoms with E-state index in [0.717, 1.165) is 17.5 Å². The number of anilines is 1. The Morgan fingerprint density at radius 2 is 1.50 bits per heavy atom. The van der Waals surface area contributed by atoms with Crippen molar-refractivity contribution in [1.82, 2.24) is 10.2 Å². The molecule has 1 atom stereocenters. The molecule has 1 heterocycles. The molecular weight excluding hydrogens is 402 g/mol. The SMILES string of the molecule is COc1ccc(NC(=O)N2CCCC2C(=O)NC(c2ccccc2)c2ccccc2)cc1. The number of nitrogens with zero attached hydrogens (tertiary/aromatic N) is 1. The van der Waals surface area contributed by atoms with Gasteiger partial charge in [0.25, 0.3) is 0 Å². The zero-order valence-corrected chi connectivity index (χ0v) is 18.0. The summed E-state index contributed by atoms with van der Waals surface area (Å²) in [7, 11) is 1.60. The van der Waals surface area contributed by atoms with Gasteiger partial charge >= 0.3 is 6.03 Å². The van der Waals surface area contributed by atoms with Crippen LogP contribution in [0.3, 0.4) is 0 Å². The zero-order valence-electron chi connectivity index (χ0n) is 18.0. The number of carbonyl (C=O) groups is 2. The molecule has 0 radical (unpaired) electrons. The van der Waals surface area contributed by atoms with Gasteiger partial charge < -0.3 is 20.3 Å². The number of rotatable bonds is 6. The van der Waals surface area contributed by atoms with Crippen molar-refractivity contribution in [2.75, 3.05) is 19.0 Å². The average molecular weight is 430 g/mol. The van der Waals surface area contributed by atoms with Gasteiger partial charge in [0.15, 0.2) is 0 Å². The van der Waals surface area contributed by atoms with E-state index in [9.17, 15) is 9.59 Å². The van der Waals surface area contributed by atoms with E-state index in [2.05, 4.69) is 10.6 Å². The summed E-state index contributed by atoms with van der Waals surface area (Å²) >= 11 is 0. The molecule has 3 amide bonds. The van der Waals surface area contributed by atoms with Crippen LogP contribution >= 0.6 is 0 Å². The molecule has 1 aliphatic heterocycles. The quantitative estimate of drug-likeness (QED) is 0.602. The van der Waals surface area contributed by atoms with E-state index in [-0.39, 0.29) is 18.0 Å². The van der Waals surface area contributed by atoms with Gasteiger partial charge in [-0.1, -0.05) is 60.7 Å². The Morgan fingerprint density at radius 1 is 0.906 bits per heavy atom. The van der Waals surface area contributed by atoms with Crippen molar-refractivity contribution in [3.63, 3.8) is 0 Å². The van der Waals surface area contributed by atoms with Crippen LogP contribution < -0.4 is 15.4 Å². The highest BCUT2D eigenvalue weighted by Gasteiger charge is 2.35. The van der Waals surface area contributed by atoms with Gasteiger partial charge in [0.2, 0.25) is 5.91 Å². The molecule has 0 saturated carbocycles. The number of methoxy groups -OCH3 is 1. The number of carbonyl (C=O) groups excluding carboxylic acids is 2. The molecule has 1 unspecified atom stereocenters. The minimum absolute atomic E-state index is 0.148. The van der Waals surface area contributed by atoms with Crippen LogP contribution in [-0.4, -0.2) is 36.5 Å². The molecule has 2 N–H and O–H groups in total. The van der Waals surface area contributed by atoms with Gasteiger partial charge in [-0.3, -0.25) is 4.79 Å². The fourth-order valence-corrected chi connectivity index (χ4v) is 4.04. The van der Waals surface area contributed by atoms with Crippen LogP contribution in [-0.2, 0) is 4.79 Å². The number of ether oxygens (including phenoxy) is 1. The van der Waals surface area contributed by atoms with Crippen molar-refractivity contribution in [2.24, 2.45) is 0 Å². The number of hydrogen-bond acceptors (Lipinski definition) is 3. The fourth-order valence-electron chi connectivity index (χ4n) is 4.04. The molecule has 1 fully saturated rings. The van der Waals surface area contributed by atoms with Gasteiger partial charge in [-0.2, -0.15) is 0 Å². The summed E-state index contributed by atoms with van der Waals surface area (Å²) in [6.45, 7) is 0.543. The molecule has 1 aliphatic rings. The highest BCUT2D eigenvalue weighted by Crippen LogP contribution is 2.25. The zero-order chi connectivity index (χ0) is 22.3. The molecule has 164 valence electrons. The summed E-state index contributed by atoms with van der Waals surface area (Å²) in [6, 6.07) is 25.8. The lowest BCUT2D eigenvalue weighted by Gasteiger charge is -2.27. The van der Waals surface area contributed by atoms with E-state index in [1.807, 2.05) is 60.7 Å². The Morgan fingerprint density at radius 3 is 2.06 bits per heavy atom. The Kier molecular flexibility index (Phi) is 6.70. The van der Waals surface area contributed by atoms with Crippen LogP contribution in [0.2, 0.25) is 0 Å². The predicted molar refractivity (Wildman–Crippen MR) is 125 cm³/mol. The number of urea groups is 1. The second-order valence-electron chi connectivity index (χ2n) is 7.77. The Labute approximate surface area is 188 Å². The molecular formula is C26H27N3O3. The van der Waals surface area contributed by atoms with Crippen LogP contribution in [0.1, 0.15) is 30.0 Å². The van der Waals surface area contributed by atoms with E-state index in [0.29, 0.717) is 24.4 Å². The molecule has 0 spiro atoms. The second kappa shape index (κ2) is 10.0. The first-order valence-electron chi connectivity index (χ1n) is 10.8. The molecule has 0 aliphatic carbocycles. The number of benzene rings is 3. The van der Waals surface area contributed by atoms with Crippen LogP contribution in [0.15, 0.2) is 84.9 Å². The maximum atomic E-state index is 13.3. The van der Waals surface area contributed by atoms with Gasteiger partial charge in [0.1, 0.15) is 11.8 Å². The van der Waals surface area contributed by atoms with E-state index in [1.54, 1.807) is 36.3 Å². The summed E-state index contributed by atoms with van der Waals surface area (Å²) in [5.41, 5.74) is 2.66. The van der Waals surface area contributed by atoms with Gasteiger partial charge in [0.05, 0.1) is 13.2 Å². The van der Waals surface area contributed by atoms with Crippen molar-refractivity contribution < 1.29 is 14.3 Å². The molecule has 6 heteroatoms. The first-order valence-corrected chi connectivity index (χ1v) is 10.8. The molecule has 32 heavy (non-hydrogen) atoms. The first kappa shape index (κ1) is 21.4. The third-order valence-corrected chi connectivity index (χ3v) is 5.71. The van der Waals surface area contributed by atoms with Crippen LogP contribution in [0, 0.1) is 0 Å². The lowest BCUT2D eigenvalue weighted by Crippen LogP contribution is -2.48. The van der Waals surface area contributed by atoms with E-state index < -0.39 is 6.04 Å². The third kappa shape index (κ3) is 4.91. The predicted octanol–water partition coefficient (Wildman–Crippen LogP) is 4.60. The van der Waals surface area contributed by atoms with Crippen molar-refractivity contribution >= 4 is 17.6 Å². The maximum Gasteiger partial charge on any atom is 0.322 e. The first-order chi connectivity index (χ1) is 15.7. The van der Waals surface area contributed by atoms with Gasteiger partial charge in [0, 0.05) is 12.2 Å². The smallest absolute Gasteiger partial charge is 0.322 e. The molecule has 3 aromatic rings. The maximum absolute atomic E-state index is 13.3. The number of nitrogens with one attached hydrogen (secondary N) is 2. The highest BCUT2D eigenvalue weighted by atomic mass is 16.5. The van der Waals surface area contributed by atoms with Crippen LogP contribution in [0.5, 0.6) is 5.75 Å². The van der Waals surface area contributed by atoms with Crippen molar-refractivity contribution in [2.45, 2.75) is 24.9 Å². The Hall–Kier alpha value is -3.80. The van der Waals surface area contributed by atoms with E-state index in [4.69, 9.17) is 4.74 Å². The monoisotopic (exact) mass is 429 g/mol. The lowest BCUT2D eigenvalue weighted by molar-refractivity contribution is -0.125. The van der Waals surface area contributed by atoms with Crippen LogP contribution in [0.4, 0.5) is 10.5 Å². The van der Waals surface area contributed by atoms with Crippen molar-refractivity contribution in [1.29, 1.82) is 0 Å². The largest absolute Gasteiger partial charge is 0.497 e. The molecule has 0 aromatic heterocycles. The van der Waals surface area contributed by atoms with Gasteiger partial charge in [-0.15, -0.1) is 0 Å². The molecule has 4 rings (SSSR count). The summed E-state index contributed by atoms with van der Waals surface area (Å²) in [5.74, 6) is 0.569. The third-order valence-electron chi connectivity index (χ3n) is 5.71. The number of hydrogen-bond donors (Lipinski definition) is 2. The minimum Gasteiger partial charge on any atom is -0.497 e. The van der Waals surface area contributed by atoms with Crippen molar-refractivity contribution in [3.05, 3.63) is 96.1 Å². The number of likely N-dealkylation sites (tertiary alicyclic amines) is 1. The van der Waals surface area contributed by atoms with E-state index >= 15 is 0 Å². The molecule has 1 saturated heterocycles. The molecule has 0 bridgehead atoms. The summed E-state index contributed by atoms with van der Waals surface area (Å²) in [4.78, 5) is 27.8. The van der Waals surface area contributed by atoms with Gasteiger partial charge in [-0.25, -0.2) is 4.79 Å². The van der Waals surface area contributed by atoms with E-state index in [1.165, 1.54) is 0 Å². The Balaban J connectivity index is 1.48. The van der Waals surface area contributed by atoms with Gasteiger partial charge in [-0.05, 0) is 48.2 Å². The van der Waals surface area contributed by atoms with Crippen LogP contribution in [0.25, 0.3) is 0 Å². The standard InChI is InChI=1S/C26H27N3O3/c1-32-22-16-14-21(15-17-22)27-26(31)29-18-8-13-23(29)25(30)28-24(19-9-4-2-5-10-19)20-11-6-3-7-12-20/h2-7,9-12,14-17,23-24H,8,13,18H2,1H3,(H,27,31)(H,28,30). The summed E-state index contributed by atoms with van der Waals surface area (Å²) in [6.07, 6.45) is 1.42. The average Bonchev–Trinajstić information content (AvgIpc) is 3.34. The topological polar surface area (TPSA) is 70.7 Å². The Bertz CT molecular complexity index is 999. The molecule has 3 aromatic carbocycles.